The van der Waals surface area contributed by atoms with Crippen molar-refractivity contribution in [1.29, 1.82) is 0 Å². The van der Waals surface area contributed by atoms with Crippen molar-refractivity contribution in [2.45, 2.75) is 37.9 Å². The predicted molar refractivity (Wildman–Crippen MR) is 94.3 cm³/mol. The molecule has 0 unspecified atom stereocenters. The second-order valence-electron chi connectivity index (χ2n) is 6.72. The Morgan fingerprint density at radius 3 is 2.81 bits per heavy atom. The number of amides is 1. The standard InChI is InChI=1S/C18H22N4O5/c1-11-3-5-12(6-4-11)19-18(23)27-15-10-26-16-14(9-25-17(15)16)22-7-13(8-24-2)20-21-22/h3-7,14-17H,8-10H2,1-2H3,(H,19,23)/t14-,15-,16-,17+/m0/s1. The predicted octanol–water partition coefficient (Wildman–Crippen LogP) is 1.69. The number of methoxy groups -OCH3 is 1. The molecular weight excluding hydrogens is 352 g/mol. The van der Waals surface area contributed by atoms with Crippen LogP contribution in [0.1, 0.15) is 17.3 Å². The number of carbonyl (C=O) groups is 1. The Hall–Kier alpha value is -2.49. The van der Waals surface area contributed by atoms with Gasteiger partial charge in [-0.25, -0.2) is 9.48 Å². The van der Waals surface area contributed by atoms with Gasteiger partial charge in [0.2, 0.25) is 0 Å². The first-order valence-corrected chi connectivity index (χ1v) is 8.81. The van der Waals surface area contributed by atoms with E-state index in [1.165, 1.54) is 0 Å². The van der Waals surface area contributed by atoms with Crippen LogP contribution in [0.15, 0.2) is 30.5 Å². The van der Waals surface area contributed by atoms with Crippen LogP contribution in [0.3, 0.4) is 0 Å². The van der Waals surface area contributed by atoms with Crippen LogP contribution in [0, 0.1) is 6.92 Å². The first-order chi connectivity index (χ1) is 13.1. The number of aryl methyl sites for hydroxylation is 1. The average molecular weight is 374 g/mol. The summed E-state index contributed by atoms with van der Waals surface area (Å²) in [6, 6.07) is 7.39. The highest BCUT2D eigenvalue weighted by Gasteiger charge is 2.50. The SMILES string of the molecule is COCc1cn([C@H]2CO[C@H]3[C@H]2OC[C@@H]3OC(=O)Nc2ccc(C)cc2)nn1. The lowest BCUT2D eigenvalue weighted by molar-refractivity contribution is 0.00770. The molecule has 2 aliphatic rings. The van der Waals surface area contributed by atoms with E-state index in [1.807, 2.05) is 37.4 Å². The summed E-state index contributed by atoms with van der Waals surface area (Å²) in [7, 11) is 1.61. The fourth-order valence-corrected chi connectivity index (χ4v) is 3.38. The van der Waals surface area contributed by atoms with Crippen molar-refractivity contribution in [3.8, 4) is 0 Å². The van der Waals surface area contributed by atoms with E-state index >= 15 is 0 Å². The number of benzene rings is 1. The van der Waals surface area contributed by atoms with E-state index in [-0.39, 0.29) is 24.9 Å². The summed E-state index contributed by atoms with van der Waals surface area (Å²) < 4.78 is 24.0. The number of fused-ring (bicyclic) bond motifs is 1. The maximum absolute atomic E-state index is 12.2. The van der Waals surface area contributed by atoms with Crippen LogP contribution in [0.4, 0.5) is 10.5 Å². The number of anilines is 1. The third-order valence-corrected chi connectivity index (χ3v) is 4.73. The molecule has 9 nitrogen and oxygen atoms in total. The highest BCUT2D eigenvalue weighted by molar-refractivity contribution is 5.84. The lowest BCUT2D eigenvalue weighted by Crippen LogP contribution is -2.34. The lowest BCUT2D eigenvalue weighted by Gasteiger charge is -2.17. The lowest BCUT2D eigenvalue weighted by atomic mass is 10.1. The number of nitrogens with zero attached hydrogens (tertiary/aromatic N) is 3. The van der Waals surface area contributed by atoms with Gasteiger partial charge >= 0.3 is 6.09 Å². The number of aromatic nitrogens is 3. The quantitative estimate of drug-likeness (QED) is 0.850. The molecule has 0 spiro atoms. The summed E-state index contributed by atoms with van der Waals surface area (Å²) in [5.41, 5.74) is 2.54. The molecule has 4 rings (SSSR count). The Morgan fingerprint density at radius 1 is 1.26 bits per heavy atom. The first-order valence-electron chi connectivity index (χ1n) is 8.81. The molecule has 3 heterocycles. The third kappa shape index (κ3) is 3.80. The number of hydrogen-bond acceptors (Lipinski definition) is 7. The summed E-state index contributed by atoms with van der Waals surface area (Å²) in [6.07, 6.45) is 0.269. The molecule has 2 saturated heterocycles. The van der Waals surface area contributed by atoms with E-state index in [0.717, 1.165) is 11.3 Å². The Labute approximate surface area is 156 Å². The fraction of sp³-hybridized carbons (Fsp3) is 0.500. The molecule has 0 saturated carbocycles. The molecule has 2 aromatic rings. The van der Waals surface area contributed by atoms with E-state index in [1.54, 1.807) is 11.8 Å². The van der Waals surface area contributed by atoms with E-state index in [9.17, 15) is 4.79 Å². The summed E-state index contributed by atoms with van der Waals surface area (Å²) in [5, 5.41) is 10.9. The molecule has 2 aliphatic heterocycles. The van der Waals surface area contributed by atoms with Crippen molar-refractivity contribution in [3.05, 3.63) is 41.7 Å². The van der Waals surface area contributed by atoms with Crippen LogP contribution in [0.5, 0.6) is 0 Å². The molecule has 0 bridgehead atoms. The van der Waals surface area contributed by atoms with Gasteiger partial charge in [0.1, 0.15) is 23.9 Å². The molecule has 9 heteroatoms. The monoisotopic (exact) mass is 374 g/mol. The minimum Gasteiger partial charge on any atom is -0.441 e. The van der Waals surface area contributed by atoms with Crippen LogP contribution in [-0.2, 0) is 25.6 Å². The Kier molecular flexibility index (Phi) is 5.06. The van der Waals surface area contributed by atoms with Gasteiger partial charge in [-0.05, 0) is 19.1 Å². The first kappa shape index (κ1) is 17.9. The van der Waals surface area contributed by atoms with Crippen molar-refractivity contribution in [2.24, 2.45) is 0 Å². The van der Waals surface area contributed by atoms with Crippen molar-refractivity contribution in [1.82, 2.24) is 15.0 Å². The van der Waals surface area contributed by atoms with Gasteiger partial charge in [-0.3, -0.25) is 5.32 Å². The van der Waals surface area contributed by atoms with E-state index in [0.29, 0.717) is 18.9 Å². The molecule has 1 amide bonds. The molecule has 27 heavy (non-hydrogen) atoms. The highest BCUT2D eigenvalue weighted by Crippen LogP contribution is 2.35. The second-order valence-corrected chi connectivity index (χ2v) is 6.72. The van der Waals surface area contributed by atoms with E-state index in [2.05, 4.69) is 15.6 Å². The average Bonchev–Trinajstić information content (AvgIpc) is 3.35. The summed E-state index contributed by atoms with van der Waals surface area (Å²) in [5.74, 6) is 0. The Morgan fingerprint density at radius 2 is 2.04 bits per heavy atom. The van der Waals surface area contributed by atoms with E-state index in [4.69, 9.17) is 18.9 Å². The van der Waals surface area contributed by atoms with Gasteiger partial charge in [-0.15, -0.1) is 5.10 Å². The van der Waals surface area contributed by atoms with Crippen LogP contribution in [-0.4, -0.2) is 59.7 Å². The zero-order valence-corrected chi connectivity index (χ0v) is 15.2. The van der Waals surface area contributed by atoms with Crippen molar-refractivity contribution in [2.75, 3.05) is 25.6 Å². The molecule has 144 valence electrons. The number of ether oxygens (including phenoxy) is 4. The molecule has 4 atom stereocenters. The molecule has 1 aromatic carbocycles. The zero-order valence-electron chi connectivity index (χ0n) is 15.2. The molecule has 2 fully saturated rings. The minimum absolute atomic E-state index is 0.109. The smallest absolute Gasteiger partial charge is 0.412 e. The summed E-state index contributed by atoms with van der Waals surface area (Å²) in [6.45, 7) is 3.09. The maximum Gasteiger partial charge on any atom is 0.412 e. The van der Waals surface area contributed by atoms with Gasteiger partial charge in [0.25, 0.3) is 0 Å². The Bertz CT molecular complexity index is 793. The normalized spacial score (nSPS) is 26.7. The van der Waals surface area contributed by atoms with Gasteiger partial charge in [0.05, 0.1) is 26.0 Å². The van der Waals surface area contributed by atoms with E-state index < -0.39 is 12.2 Å². The molecule has 0 aliphatic carbocycles. The molecule has 0 radical (unpaired) electrons. The molecular formula is C18H22N4O5. The van der Waals surface area contributed by atoms with Crippen LogP contribution < -0.4 is 5.32 Å². The zero-order chi connectivity index (χ0) is 18.8. The number of carbonyl (C=O) groups excluding carboxylic acids is 1. The van der Waals surface area contributed by atoms with Crippen molar-refractivity contribution >= 4 is 11.8 Å². The van der Waals surface area contributed by atoms with Gasteiger partial charge in [-0.1, -0.05) is 22.9 Å². The van der Waals surface area contributed by atoms with Crippen molar-refractivity contribution in [3.63, 3.8) is 0 Å². The molecule has 1 N–H and O–H groups in total. The number of hydrogen-bond donors (Lipinski definition) is 1. The summed E-state index contributed by atoms with van der Waals surface area (Å²) in [4.78, 5) is 12.2. The van der Waals surface area contributed by atoms with Gasteiger partial charge in [0, 0.05) is 12.8 Å². The fourth-order valence-electron chi connectivity index (χ4n) is 3.38. The van der Waals surface area contributed by atoms with Crippen LogP contribution >= 0.6 is 0 Å². The summed E-state index contributed by atoms with van der Waals surface area (Å²) >= 11 is 0. The largest absolute Gasteiger partial charge is 0.441 e. The maximum atomic E-state index is 12.2. The number of rotatable bonds is 5. The van der Waals surface area contributed by atoms with Crippen molar-refractivity contribution < 1.29 is 23.7 Å². The third-order valence-electron chi connectivity index (χ3n) is 4.73. The highest BCUT2D eigenvalue weighted by atomic mass is 16.6. The van der Waals surface area contributed by atoms with Gasteiger partial charge in [-0.2, -0.15) is 0 Å². The number of nitrogens with one attached hydrogen (secondary N) is 1. The Balaban J connectivity index is 1.35. The molecule has 1 aromatic heterocycles. The minimum atomic E-state index is -0.525. The topological polar surface area (TPSA) is 96.7 Å². The van der Waals surface area contributed by atoms with Gasteiger partial charge < -0.3 is 18.9 Å². The van der Waals surface area contributed by atoms with Crippen LogP contribution in [0.2, 0.25) is 0 Å². The van der Waals surface area contributed by atoms with Crippen LogP contribution in [0.25, 0.3) is 0 Å². The second kappa shape index (κ2) is 7.63. The van der Waals surface area contributed by atoms with Gasteiger partial charge in [0.15, 0.2) is 6.10 Å².